The lowest BCUT2D eigenvalue weighted by molar-refractivity contribution is -0.120. The molecule has 3 rings (SSSR count). The molecule has 0 aromatic carbocycles. The number of hydrogen-bond donors (Lipinski definition) is 3. The van der Waals surface area contributed by atoms with Crippen LogP contribution in [0.4, 0.5) is 10.5 Å². The number of hydrogen-bond acceptors (Lipinski definition) is 6. The van der Waals surface area contributed by atoms with Gasteiger partial charge in [-0.3, -0.25) is 20.1 Å². The minimum atomic E-state index is -0.819. The number of rotatable bonds is 5. The van der Waals surface area contributed by atoms with E-state index in [0.29, 0.717) is 29.2 Å². The Hall–Kier alpha value is -2.90. The Bertz CT molecular complexity index is 731. The van der Waals surface area contributed by atoms with Crippen LogP contribution in [-0.2, 0) is 11.2 Å². The molecular formula is C15H17N5O3. The Morgan fingerprint density at radius 2 is 2.39 bits per heavy atom. The molecule has 0 saturated carbocycles. The smallest absolute Gasteiger partial charge is 0.322 e. The van der Waals surface area contributed by atoms with Crippen molar-refractivity contribution >= 4 is 29.7 Å². The molecule has 2 aliphatic heterocycles. The Labute approximate surface area is 132 Å². The van der Waals surface area contributed by atoms with Crippen LogP contribution in [-0.4, -0.2) is 37.1 Å². The van der Waals surface area contributed by atoms with Crippen molar-refractivity contribution in [3.05, 3.63) is 29.7 Å². The zero-order chi connectivity index (χ0) is 16.4. The summed E-state index contributed by atoms with van der Waals surface area (Å²) in [6.45, 7) is 7.37. The first kappa shape index (κ1) is 15.0. The van der Waals surface area contributed by atoms with E-state index in [1.54, 1.807) is 12.3 Å². The van der Waals surface area contributed by atoms with Gasteiger partial charge in [0.15, 0.2) is 6.04 Å². The minimum absolute atomic E-state index is 0.360. The lowest BCUT2D eigenvalue weighted by atomic mass is 10.2. The van der Waals surface area contributed by atoms with E-state index in [1.807, 2.05) is 6.92 Å². The third-order valence-corrected chi connectivity index (χ3v) is 3.52. The summed E-state index contributed by atoms with van der Waals surface area (Å²) < 4.78 is 5.66. The third kappa shape index (κ3) is 3.01. The van der Waals surface area contributed by atoms with Crippen LogP contribution in [0.1, 0.15) is 24.5 Å². The number of carbonyl (C=O) groups is 2. The fraction of sp³-hybridized carbons (Fsp3) is 0.333. The van der Waals surface area contributed by atoms with E-state index in [0.717, 1.165) is 18.9 Å². The van der Waals surface area contributed by atoms with Crippen molar-refractivity contribution in [1.29, 1.82) is 0 Å². The molecular weight excluding hydrogens is 298 g/mol. The molecule has 8 nitrogen and oxygen atoms in total. The molecule has 0 bridgehead atoms. The summed E-state index contributed by atoms with van der Waals surface area (Å²) in [4.78, 5) is 31.6. The van der Waals surface area contributed by atoms with Crippen molar-refractivity contribution < 1.29 is 14.0 Å². The van der Waals surface area contributed by atoms with E-state index >= 15 is 0 Å². The minimum Gasteiger partial charge on any atom is -0.461 e. The fourth-order valence-electron chi connectivity index (χ4n) is 2.38. The molecule has 120 valence electrons. The number of furan rings is 1. The molecule has 1 saturated heterocycles. The summed E-state index contributed by atoms with van der Waals surface area (Å²) in [5, 5.41) is 7.79. The van der Waals surface area contributed by atoms with E-state index in [2.05, 4.69) is 32.5 Å². The van der Waals surface area contributed by atoms with Gasteiger partial charge in [-0.1, -0.05) is 13.5 Å². The maximum atomic E-state index is 11.7. The number of urea groups is 1. The van der Waals surface area contributed by atoms with Crippen LogP contribution in [0.3, 0.4) is 0 Å². The topological polar surface area (TPSA) is 108 Å². The highest BCUT2D eigenvalue weighted by Crippen LogP contribution is 2.29. The van der Waals surface area contributed by atoms with Crippen molar-refractivity contribution in [2.75, 3.05) is 13.1 Å². The van der Waals surface area contributed by atoms with E-state index < -0.39 is 18.0 Å². The van der Waals surface area contributed by atoms with E-state index in [-0.39, 0.29) is 0 Å². The van der Waals surface area contributed by atoms with Crippen molar-refractivity contribution in [2.24, 2.45) is 9.98 Å². The molecule has 1 aromatic rings. The van der Waals surface area contributed by atoms with Gasteiger partial charge < -0.3 is 15.1 Å². The number of carbonyl (C=O) groups excluding carboxylic acids is 2. The molecule has 1 unspecified atom stereocenters. The second-order valence-corrected chi connectivity index (χ2v) is 5.15. The first-order valence-electron chi connectivity index (χ1n) is 7.34. The number of nitrogens with zero attached hydrogens (tertiary/aromatic N) is 2. The molecule has 1 atom stereocenters. The van der Waals surface area contributed by atoms with Crippen molar-refractivity contribution in [3.8, 4) is 0 Å². The third-order valence-electron chi connectivity index (χ3n) is 3.52. The van der Waals surface area contributed by atoms with Gasteiger partial charge in [0.05, 0.1) is 6.54 Å². The van der Waals surface area contributed by atoms with E-state index in [9.17, 15) is 9.59 Å². The van der Waals surface area contributed by atoms with Crippen molar-refractivity contribution in [3.63, 3.8) is 0 Å². The number of aliphatic imine (C=N–C) groups is 2. The SMILES string of the molecule is C=C(C=Nc1cc(C2NC(=O)NC2=O)oc1CC)C1=NCCN1. The maximum Gasteiger partial charge on any atom is 0.322 e. The summed E-state index contributed by atoms with van der Waals surface area (Å²) in [5.41, 5.74) is 1.29. The summed E-state index contributed by atoms with van der Waals surface area (Å²) in [6, 6.07) is 0.307. The second kappa shape index (κ2) is 6.07. The van der Waals surface area contributed by atoms with Gasteiger partial charge in [0.25, 0.3) is 5.91 Å². The molecule has 23 heavy (non-hydrogen) atoms. The van der Waals surface area contributed by atoms with Gasteiger partial charge in [-0.25, -0.2) is 4.79 Å². The molecule has 1 aromatic heterocycles. The van der Waals surface area contributed by atoms with Gasteiger partial charge in [0.1, 0.15) is 23.0 Å². The highest BCUT2D eigenvalue weighted by molar-refractivity contribution is 6.15. The van der Waals surface area contributed by atoms with Crippen LogP contribution in [0.25, 0.3) is 0 Å². The summed E-state index contributed by atoms with van der Waals surface area (Å²) in [5.74, 6) is 1.30. The van der Waals surface area contributed by atoms with Gasteiger partial charge >= 0.3 is 6.03 Å². The predicted octanol–water partition coefficient (Wildman–Crippen LogP) is 0.983. The average Bonchev–Trinajstić information content (AvgIpc) is 3.24. The van der Waals surface area contributed by atoms with Crippen LogP contribution in [0.5, 0.6) is 0 Å². The highest BCUT2D eigenvalue weighted by atomic mass is 16.3. The number of nitrogens with one attached hydrogen (secondary N) is 3. The number of imide groups is 1. The zero-order valence-electron chi connectivity index (χ0n) is 12.7. The fourth-order valence-corrected chi connectivity index (χ4v) is 2.38. The lowest BCUT2D eigenvalue weighted by Gasteiger charge is -2.01. The van der Waals surface area contributed by atoms with Crippen LogP contribution >= 0.6 is 0 Å². The van der Waals surface area contributed by atoms with Gasteiger partial charge in [0.2, 0.25) is 0 Å². The quantitative estimate of drug-likeness (QED) is 0.556. The monoisotopic (exact) mass is 315 g/mol. The summed E-state index contributed by atoms with van der Waals surface area (Å²) >= 11 is 0. The maximum absolute atomic E-state index is 11.7. The largest absolute Gasteiger partial charge is 0.461 e. The van der Waals surface area contributed by atoms with Gasteiger partial charge in [0, 0.05) is 30.8 Å². The second-order valence-electron chi connectivity index (χ2n) is 5.15. The first-order valence-corrected chi connectivity index (χ1v) is 7.34. The Balaban J connectivity index is 1.80. The molecule has 0 radical (unpaired) electrons. The standard InChI is InChI=1S/C15H17N5O3/c1-3-10-9(18-7-8(2)13-16-4-5-17-13)6-11(23-10)12-14(21)20-15(22)19-12/h6-7,12H,2-5H2,1H3,(H,16,17)(H2,19,20,21,22). The van der Waals surface area contributed by atoms with Crippen LogP contribution in [0, 0.1) is 0 Å². The molecule has 3 N–H and O–H groups in total. The van der Waals surface area contributed by atoms with Crippen LogP contribution in [0.2, 0.25) is 0 Å². The van der Waals surface area contributed by atoms with Crippen LogP contribution in [0.15, 0.2) is 32.6 Å². The van der Waals surface area contributed by atoms with Crippen molar-refractivity contribution in [2.45, 2.75) is 19.4 Å². The van der Waals surface area contributed by atoms with Crippen molar-refractivity contribution in [1.82, 2.24) is 16.0 Å². The Kier molecular flexibility index (Phi) is 3.96. The van der Waals surface area contributed by atoms with E-state index in [1.165, 1.54) is 0 Å². The number of aryl methyl sites for hydroxylation is 1. The molecule has 0 aliphatic carbocycles. The summed E-state index contributed by atoms with van der Waals surface area (Å²) in [6.07, 6.45) is 2.22. The zero-order valence-corrected chi connectivity index (χ0v) is 12.7. The molecule has 3 heterocycles. The van der Waals surface area contributed by atoms with Gasteiger partial charge in [-0.05, 0) is 0 Å². The normalized spacial score (nSPS) is 20.4. The summed E-state index contributed by atoms with van der Waals surface area (Å²) in [7, 11) is 0. The molecule has 8 heteroatoms. The van der Waals surface area contributed by atoms with E-state index in [4.69, 9.17) is 4.42 Å². The van der Waals surface area contributed by atoms with Crippen LogP contribution < -0.4 is 16.0 Å². The lowest BCUT2D eigenvalue weighted by Crippen LogP contribution is -2.22. The Morgan fingerprint density at radius 3 is 3.00 bits per heavy atom. The van der Waals surface area contributed by atoms with Gasteiger partial charge in [-0.15, -0.1) is 0 Å². The number of amidine groups is 1. The van der Waals surface area contributed by atoms with Gasteiger partial charge in [-0.2, -0.15) is 0 Å². The highest BCUT2D eigenvalue weighted by Gasteiger charge is 2.34. The molecule has 1 fully saturated rings. The first-order chi connectivity index (χ1) is 11.1. The molecule has 0 spiro atoms. The average molecular weight is 315 g/mol. The Morgan fingerprint density at radius 1 is 1.57 bits per heavy atom. The number of amides is 3. The molecule has 2 aliphatic rings. The predicted molar refractivity (Wildman–Crippen MR) is 85.1 cm³/mol. The molecule has 3 amide bonds.